The van der Waals surface area contributed by atoms with E-state index in [4.69, 9.17) is 4.74 Å². The number of nitrogens with zero attached hydrogens (tertiary/aromatic N) is 1. The Morgan fingerprint density at radius 3 is 2.57 bits per heavy atom. The monoisotopic (exact) mass is 400 g/mol. The molecular formula is C19H30F2N4O3. The van der Waals surface area contributed by atoms with E-state index < -0.39 is 6.61 Å². The fourth-order valence-corrected chi connectivity index (χ4v) is 2.24. The van der Waals surface area contributed by atoms with Gasteiger partial charge in [-0.15, -0.1) is 0 Å². The molecule has 28 heavy (non-hydrogen) atoms. The topological polar surface area (TPSA) is 84.0 Å². The summed E-state index contributed by atoms with van der Waals surface area (Å²) < 4.78 is 35.5. The molecule has 0 unspecified atom stereocenters. The fraction of sp³-hybridized carbons (Fsp3) is 0.579. The average molecular weight is 400 g/mol. The number of ether oxygens (including phenoxy) is 2. The van der Waals surface area contributed by atoms with Crippen molar-refractivity contribution in [3.8, 4) is 11.5 Å². The van der Waals surface area contributed by atoms with Gasteiger partial charge in [-0.2, -0.15) is 8.78 Å². The molecule has 0 aromatic heterocycles. The molecule has 0 aliphatic carbocycles. The number of carbonyl (C=O) groups is 1. The van der Waals surface area contributed by atoms with Crippen LogP contribution in [-0.2, 0) is 11.3 Å². The lowest BCUT2D eigenvalue weighted by Gasteiger charge is -2.16. The predicted octanol–water partition coefficient (Wildman–Crippen LogP) is 2.66. The first-order valence-corrected chi connectivity index (χ1v) is 9.41. The molecule has 0 aliphatic heterocycles. The molecule has 7 nitrogen and oxygen atoms in total. The van der Waals surface area contributed by atoms with Gasteiger partial charge in [-0.1, -0.05) is 13.8 Å². The van der Waals surface area contributed by atoms with E-state index in [1.807, 2.05) is 13.8 Å². The van der Waals surface area contributed by atoms with E-state index in [9.17, 15) is 13.6 Å². The second kappa shape index (κ2) is 13.6. The van der Waals surface area contributed by atoms with E-state index in [-0.39, 0.29) is 18.2 Å². The number of aliphatic imine (C=N–C) groups is 1. The van der Waals surface area contributed by atoms with E-state index >= 15 is 0 Å². The molecule has 0 bridgehead atoms. The Labute approximate surface area is 164 Å². The Bertz CT molecular complexity index is 627. The van der Waals surface area contributed by atoms with Gasteiger partial charge >= 0.3 is 6.61 Å². The molecule has 0 radical (unpaired) electrons. The molecule has 1 amide bonds. The minimum atomic E-state index is -2.93. The Balaban J connectivity index is 2.61. The van der Waals surface area contributed by atoms with Gasteiger partial charge in [0.2, 0.25) is 5.91 Å². The van der Waals surface area contributed by atoms with Crippen LogP contribution in [0.4, 0.5) is 8.78 Å². The number of nitrogens with one attached hydrogen (secondary N) is 3. The third-order valence-corrected chi connectivity index (χ3v) is 3.61. The van der Waals surface area contributed by atoms with E-state index in [0.717, 1.165) is 12.8 Å². The highest BCUT2D eigenvalue weighted by Gasteiger charge is 2.12. The summed E-state index contributed by atoms with van der Waals surface area (Å²) >= 11 is 0. The van der Waals surface area contributed by atoms with Crippen molar-refractivity contribution >= 4 is 11.9 Å². The predicted molar refractivity (Wildman–Crippen MR) is 105 cm³/mol. The second-order valence-corrected chi connectivity index (χ2v) is 5.95. The Morgan fingerprint density at radius 2 is 1.93 bits per heavy atom. The average Bonchev–Trinajstić information content (AvgIpc) is 2.67. The molecule has 0 atom stereocenters. The lowest BCUT2D eigenvalue weighted by atomic mass is 10.2. The summed E-state index contributed by atoms with van der Waals surface area (Å²) in [7, 11) is 1.59. The van der Waals surface area contributed by atoms with Crippen LogP contribution in [0, 0.1) is 0 Å². The van der Waals surface area contributed by atoms with Crippen LogP contribution in [0.1, 0.15) is 38.7 Å². The van der Waals surface area contributed by atoms with Crippen LogP contribution in [0.25, 0.3) is 0 Å². The molecule has 1 rings (SSSR count). The maximum Gasteiger partial charge on any atom is 0.387 e. The van der Waals surface area contributed by atoms with E-state index in [0.29, 0.717) is 43.4 Å². The van der Waals surface area contributed by atoms with Crippen molar-refractivity contribution in [2.75, 3.05) is 26.7 Å². The molecule has 0 heterocycles. The maximum absolute atomic E-state index is 12.7. The summed E-state index contributed by atoms with van der Waals surface area (Å²) in [5.41, 5.74) is 0.535. The quantitative estimate of drug-likeness (QED) is 0.371. The fourth-order valence-electron chi connectivity index (χ4n) is 2.24. The van der Waals surface area contributed by atoms with Gasteiger partial charge in [0.1, 0.15) is 11.5 Å². The Kier molecular flexibility index (Phi) is 11.4. The normalized spacial score (nSPS) is 11.3. The smallest absolute Gasteiger partial charge is 0.387 e. The summed E-state index contributed by atoms with van der Waals surface area (Å²) in [6.45, 7) is 2.78. The zero-order chi connectivity index (χ0) is 20.8. The Morgan fingerprint density at radius 1 is 1.14 bits per heavy atom. The molecule has 3 N–H and O–H groups in total. The number of halogens is 2. The van der Waals surface area contributed by atoms with Gasteiger partial charge in [0, 0.05) is 44.7 Å². The van der Waals surface area contributed by atoms with Gasteiger partial charge in [0.25, 0.3) is 0 Å². The summed E-state index contributed by atoms with van der Waals surface area (Å²) in [5.74, 6) is 0.935. The summed E-state index contributed by atoms with van der Waals surface area (Å²) in [4.78, 5) is 15.7. The summed E-state index contributed by atoms with van der Waals surface area (Å²) in [6.07, 6.45) is 2.00. The van der Waals surface area contributed by atoms with Gasteiger partial charge in [-0.3, -0.25) is 9.79 Å². The third kappa shape index (κ3) is 9.38. The highest BCUT2D eigenvalue weighted by molar-refractivity contribution is 5.81. The number of hydrogen-bond donors (Lipinski definition) is 3. The minimum absolute atomic E-state index is 0.0416. The molecule has 0 saturated carbocycles. The number of hydrogen-bond acceptors (Lipinski definition) is 4. The largest absolute Gasteiger partial charge is 0.493 e. The lowest BCUT2D eigenvalue weighted by molar-refractivity contribution is -0.120. The first kappa shape index (κ1) is 23.5. The summed E-state index contributed by atoms with van der Waals surface area (Å²) in [6, 6.07) is 4.83. The van der Waals surface area contributed by atoms with Crippen molar-refractivity contribution < 1.29 is 23.0 Å². The van der Waals surface area contributed by atoms with Crippen LogP contribution < -0.4 is 25.4 Å². The molecule has 1 aromatic rings. The van der Waals surface area contributed by atoms with Crippen LogP contribution in [0.3, 0.4) is 0 Å². The van der Waals surface area contributed by atoms with Crippen molar-refractivity contribution in [1.82, 2.24) is 16.0 Å². The molecule has 9 heteroatoms. The maximum atomic E-state index is 12.7. The van der Waals surface area contributed by atoms with Gasteiger partial charge in [0.05, 0.1) is 6.61 Å². The molecule has 0 spiro atoms. The van der Waals surface area contributed by atoms with Crippen molar-refractivity contribution in [1.29, 1.82) is 0 Å². The highest BCUT2D eigenvalue weighted by atomic mass is 19.3. The van der Waals surface area contributed by atoms with Gasteiger partial charge in [0.15, 0.2) is 5.96 Å². The SMILES string of the molecule is CCCNC(=O)CCNC(=NC)NCc1ccc(OCCC)cc1OC(F)F. The zero-order valence-corrected chi connectivity index (χ0v) is 16.7. The zero-order valence-electron chi connectivity index (χ0n) is 16.7. The second-order valence-electron chi connectivity index (χ2n) is 5.95. The number of amides is 1. The molecular weight excluding hydrogens is 370 g/mol. The van der Waals surface area contributed by atoms with E-state index in [1.54, 1.807) is 19.2 Å². The van der Waals surface area contributed by atoms with Crippen LogP contribution in [-0.4, -0.2) is 45.2 Å². The van der Waals surface area contributed by atoms with Gasteiger partial charge in [-0.05, 0) is 25.0 Å². The Hall–Kier alpha value is -2.58. The van der Waals surface area contributed by atoms with E-state index in [1.165, 1.54) is 6.07 Å². The molecule has 0 fully saturated rings. The van der Waals surface area contributed by atoms with Gasteiger partial charge < -0.3 is 25.4 Å². The van der Waals surface area contributed by atoms with Crippen LogP contribution in [0.15, 0.2) is 23.2 Å². The lowest BCUT2D eigenvalue weighted by Crippen LogP contribution is -2.39. The van der Waals surface area contributed by atoms with Crippen molar-refractivity contribution in [3.63, 3.8) is 0 Å². The third-order valence-electron chi connectivity index (χ3n) is 3.61. The van der Waals surface area contributed by atoms with Crippen molar-refractivity contribution in [2.24, 2.45) is 4.99 Å². The highest BCUT2D eigenvalue weighted by Crippen LogP contribution is 2.26. The van der Waals surface area contributed by atoms with Crippen LogP contribution >= 0.6 is 0 Å². The number of alkyl halides is 2. The van der Waals surface area contributed by atoms with Crippen molar-refractivity contribution in [3.05, 3.63) is 23.8 Å². The minimum Gasteiger partial charge on any atom is -0.493 e. The first-order valence-electron chi connectivity index (χ1n) is 9.41. The molecule has 0 aliphatic rings. The van der Waals surface area contributed by atoms with Crippen molar-refractivity contribution in [2.45, 2.75) is 46.3 Å². The van der Waals surface area contributed by atoms with Crippen LogP contribution in [0.5, 0.6) is 11.5 Å². The first-order chi connectivity index (χ1) is 13.5. The number of benzene rings is 1. The molecule has 0 saturated heterocycles. The van der Waals surface area contributed by atoms with Crippen LogP contribution in [0.2, 0.25) is 0 Å². The number of rotatable bonds is 12. The van der Waals surface area contributed by atoms with Gasteiger partial charge in [-0.25, -0.2) is 0 Å². The van der Waals surface area contributed by atoms with E-state index in [2.05, 4.69) is 25.7 Å². The summed E-state index contributed by atoms with van der Waals surface area (Å²) in [5, 5.41) is 8.82. The molecule has 158 valence electrons. The number of carbonyl (C=O) groups excluding carboxylic acids is 1. The molecule has 1 aromatic carbocycles. The number of guanidine groups is 1. The standard InChI is InChI=1S/C19H30F2N4O3/c1-4-9-23-17(26)8-10-24-19(22-3)25-13-14-6-7-15(27-11-5-2)12-16(14)28-18(20)21/h6-7,12,18H,4-5,8-11,13H2,1-3H3,(H,23,26)(H2,22,24,25).